The molecule has 5 N–H and O–H groups in total. The van der Waals surface area contributed by atoms with E-state index in [1.54, 1.807) is 20.3 Å². The molecule has 9 heteroatoms. The Morgan fingerprint density at radius 3 is 2.30 bits per heavy atom. The largest absolute Gasteiger partial charge is 0.493 e. The highest BCUT2D eigenvalue weighted by atomic mass is 35.5. The molecule has 0 aliphatic rings. The number of rotatable bonds is 18. The van der Waals surface area contributed by atoms with Crippen LogP contribution in [-0.2, 0) is 9.47 Å². The topological polar surface area (TPSA) is 115 Å². The minimum Gasteiger partial charge on any atom is -0.493 e. The van der Waals surface area contributed by atoms with Gasteiger partial charge in [0.25, 0.3) is 5.91 Å². The van der Waals surface area contributed by atoms with Crippen molar-refractivity contribution >= 4 is 18.3 Å². The molecule has 8 nitrogen and oxygen atoms in total. The Labute approximate surface area is 230 Å². The summed E-state index contributed by atoms with van der Waals surface area (Å²) in [5.41, 5.74) is 6.88. The maximum absolute atomic E-state index is 12.9. The first-order chi connectivity index (χ1) is 17.0. The van der Waals surface area contributed by atoms with E-state index in [0.29, 0.717) is 56.5 Å². The van der Waals surface area contributed by atoms with Crippen molar-refractivity contribution in [3.63, 3.8) is 0 Å². The van der Waals surface area contributed by atoms with Gasteiger partial charge in [0.15, 0.2) is 0 Å². The lowest BCUT2D eigenvalue weighted by Gasteiger charge is -2.31. The number of nitrogens with two attached hydrogens (primary N) is 1. The maximum Gasteiger partial charge on any atom is 0.255 e. The molecule has 0 saturated heterocycles. The lowest BCUT2D eigenvalue weighted by atomic mass is 9.87. The van der Waals surface area contributed by atoms with Gasteiger partial charge in [0, 0.05) is 46.5 Å². The molecule has 37 heavy (non-hydrogen) atoms. The van der Waals surface area contributed by atoms with Gasteiger partial charge < -0.3 is 35.7 Å². The van der Waals surface area contributed by atoms with Crippen LogP contribution in [0.3, 0.4) is 0 Å². The van der Waals surface area contributed by atoms with Crippen molar-refractivity contribution in [2.45, 2.75) is 72.1 Å². The molecular weight excluding hydrogens is 494 g/mol. The molecule has 0 heterocycles. The lowest BCUT2D eigenvalue weighted by molar-refractivity contribution is 0.0145. The van der Waals surface area contributed by atoms with Gasteiger partial charge in [-0.25, -0.2) is 0 Å². The predicted octanol–water partition coefficient (Wildman–Crippen LogP) is 3.64. The summed E-state index contributed by atoms with van der Waals surface area (Å²) < 4.78 is 16.5. The zero-order valence-corrected chi connectivity index (χ0v) is 24.7. The normalized spacial score (nSPS) is 15.0. The Morgan fingerprint density at radius 2 is 1.70 bits per heavy atom. The number of nitrogens with one attached hydrogen (secondary N) is 2. The fourth-order valence-corrected chi connectivity index (χ4v) is 3.98. The number of amides is 1. The number of ether oxygens (including phenoxy) is 3. The molecule has 0 aromatic heterocycles. The summed E-state index contributed by atoms with van der Waals surface area (Å²) in [5.74, 6) is 0.831. The van der Waals surface area contributed by atoms with Gasteiger partial charge in [-0.2, -0.15) is 0 Å². The molecule has 1 aromatic carbocycles. The van der Waals surface area contributed by atoms with Crippen molar-refractivity contribution in [3.05, 3.63) is 29.8 Å². The van der Waals surface area contributed by atoms with Crippen molar-refractivity contribution in [1.29, 1.82) is 0 Å². The molecule has 1 aromatic rings. The van der Waals surface area contributed by atoms with Crippen LogP contribution < -0.4 is 21.1 Å². The van der Waals surface area contributed by atoms with Crippen molar-refractivity contribution in [1.82, 2.24) is 10.6 Å². The number of unbranched alkanes of at least 4 members (excludes halogenated alkanes) is 1. The Kier molecular flexibility index (Phi) is 18.0. The van der Waals surface area contributed by atoms with Crippen LogP contribution in [0.4, 0.5) is 0 Å². The van der Waals surface area contributed by atoms with E-state index in [4.69, 9.17) is 19.9 Å². The fourth-order valence-electron chi connectivity index (χ4n) is 3.98. The van der Waals surface area contributed by atoms with Crippen molar-refractivity contribution < 1.29 is 24.1 Å². The zero-order valence-electron chi connectivity index (χ0n) is 23.9. The van der Waals surface area contributed by atoms with Gasteiger partial charge in [-0.3, -0.25) is 4.79 Å². The second kappa shape index (κ2) is 18.8. The first kappa shape index (κ1) is 35.6. The Hall–Kier alpha value is -1.42. The lowest BCUT2D eigenvalue weighted by Crippen LogP contribution is -2.47. The van der Waals surface area contributed by atoms with Crippen LogP contribution in [0.25, 0.3) is 0 Å². The highest BCUT2D eigenvalue weighted by Gasteiger charge is 2.26. The Morgan fingerprint density at radius 1 is 1.05 bits per heavy atom. The molecule has 0 fully saturated rings. The molecule has 1 amide bonds. The number of para-hydroxylation sites is 1. The molecule has 0 unspecified atom stereocenters. The Bertz CT molecular complexity index is 745. The van der Waals surface area contributed by atoms with E-state index in [2.05, 4.69) is 45.3 Å². The van der Waals surface area contributed by atoms with E-state index >= 15 is 0 Å². The summed E-state index contributed by atoms with van der Waals surface area (Å²) in [6.07, 6.45) is 1.72. The molecule has 0 bridgehead atoms. The summed E-state index contributed by atoms with van der Waals surface area (Å²) in [6.45, 7) is 13.3. The number of aliphatic hydroxyl groups excluding tert-OH is 1. The van der Waals surface area contributed by atoms with Gasteiger partial charge in [0.05, 0.1) is 24.4 Å². The maximum atomic E-state index is 12.9. The highest BCUT2D eigenvalue weighted by molar-refractivity contribution is 5.96. The molecule has 1 rings (SSSR count). The molecular formula is C28H52ClN3O5. The van der Waals surface area contributed by atoms with E-state index in [9.17, 15) is 9.90 Å². The van der Waals surface area contributed by atoms with Gasteiger partial charge in [-0.15, -0.1) is 12.4 Å². The molecule has 4 atom stereocenters. The number of halogens is 1. The molecule has 216 valence electrons. The third-order valence-electron chi connectivity index (χ3n) is 6.60. The van der Waals surface area contributed by atoms with E-state index in [1.807, 2.05) is 18.2 Å². The average molecular weight is 546 g/mol. The first-order valence-corrected chi connectivity index (χ1v) is 13.2. The van der Waals surface area contributed by atoms with E-state index in [-0.39, 0.29) is 35.8 Å². The van der Waals surface area contributed by atoms with Crippen molar-refractivity contribution in [2.75, 3.05) is 47.1 Å². The fraction of sp³-hybridized carbons (Fsp3) is 0.750. The van der Waals surface area contributed by atoms with Crippen LogP contribution in [0.5, 0.6) is 5.75 Å². The number of aliphatic hydroxyl groups is 1. The number of methoxy groups -OCH3 is 2. The third kappa shape index (κ3) is 13.8. The van der Waals surface area contributed by atoms with Crippen LogP contribution in [0.1, 0.15) is 64.2 Å². The highest BCUT2D eigenvalue weighted by Crippen LogP contribution is 2.22. The van der Waals surface area contributed by atoms with Crippen molar-refractivity contribution in [2.24, 2.45) is 23.0 Å². The van der Waals surface area contributed by atoms with E-state index in [0.717, 1.165) is 12.8 Å². The number of benzene rings is 1. The molecule has 0 saturated carbocycles. The number of carbonyl (C=O) groups is 1. The monoisotopic (exact) mass is 545 g/mol. The summed E-state index contributed by atoms with van der Waals surface area (Å²) >= 11 is 0. The van der Waals surface area contributed by atoms with Crippen LogP contribution in [0.2, 0.25) is 0 Å². The summed E-state index contributed by atoms with van der Waals surface area (Å²) in [4.78, 5) is 12.9. The van der Waals surface area contributed by atoms with E-state index in [1.165, 1.54) is 0 Å². The van der Waals surface area contributed by atoms with Crippen molar-refractivity contribution in [3.8, 4) is 5.75 Å². The SMILES string of the molecule is COCCCCOc1ccccc1C(=O)NC[C@@H](C[C@H](N)[C@@H](O)CNC[C@H](OC)C(C)(C)C)C(C)C.Cl. The zero-order chi connectivity index (χ0) is 27.1. The molecule has 0 aliphatic heterocycles. The Balaban J connectivity index is 0.0000130. The van der Waals surface area contributed by atoms with Crippen LogP contribution in [-0.4, -0.2) is 76.3 Å². The molecule has 0 aliphatic carbocycles. The summed E-state index contributed by atoms with van der Waals surface area (Å²) in [6, 6.07) is 6.89. The summed E-state index contributed by atoms with van der Waals surface area (Å²) in [5, 5.41) is 17.0. The van der Waals surface area contributed by atoms with Gasteiger partial charge in [0.1, 0.15) is 5.75 Å². The third-order valence-corrected chi connectivity index (χ3v) is 6.60. The second-order valence-electron chi connectivity index (χ2n) is 11.0. The minimum absolute atomic E-state index is 0. The van der Waals surface area contributed by atoms with Gasteiger partial charge in [-0.05, 0) is 48.6 Å². The number of hydrogen-bond acceptors (Lipinski definition) is 7. The molecule has 0 radical (unpaired) electrons. The number of hydrogen-bond donors (Lipinski definition) is 4. The van der Waals surface area contributed by atoms with Gasteiger partial charge in [0.2, 0.25) is 0 Å². The average Bonchev–Trinajstić information content (AvgIpc) is 2.83. The standard InChI is InChI=1S/C28H51N3O5.ClH/c1-20(2)21(16-23(29)24(32)18-30-19-26(35-7)28(3,4)5)17-31-27(33)22-12-8-9-13-25(22)36-15-11-10-14-34-6;/h8-9,12-13,20-21,23-24,26,30,32H,10-11,14-19,29H2,1-7H3,(H,31,33);1H/t21-,23+,24+,26+;/m1./s1. The first-order valence-electron chi connectivity index (χ1n) is 13.2. The van der Waals surface area contributed by atoms with E-state index < -0.39 is 12.1 Å². The van der Waals surface area contributed by atoms with Gasteiger partial charge >= 0.3 is 0 Å². The van der Waals surface area contributed by atoms with Crippen LogP contribution in [0, 0.1) is 17.3 Å². The smallest absolute Gasteiger partial charge is 0.255 e. The van der Waals surface area contributed by atoms with Gasteiger partial charge in [-0.1, -0.05) is 46.8 Å². The molecule has 0 spiro atoms. The summed E-state index contributed by atoms with van der Waals surface area (Å²) in [7, 11) is 3.38. The van der Waals surface area contributed by atoms with Crippen LogP contribution in [0.15, 0.2) is 24.3 Å². The van der Waals surface area contributed by atoms with Crippen LogP contribution >= 0.6 is 12.4 Å². The second-order valence-corrected chi connectivity index (χ2v) is 11.0. The predicted molar refractivity (Wildman–Crippen MR) is 153 cm³/mol. The minimum atomic E-state index is -0.688. The quantitative estimate of drug-likeness (QED) is 0.208. The number of carbonyl (C=O) groups excluding carboxylic acids is 1.